The lowest BCUT2D eigenvalue weighted by molar-refractivity contribution is 1.40. The molecule has 0 heterocycles. The summed E-state index contributed by atoms with van der Waals surface area (Å²) in [7, 11) is 0. The SMILES string of the molecule is [13CH3][13c]1[13cH][13cH][13c]([13CH3])[13cH][13cH]1. The number of hydrogen-bond donors (Lipinski definition) is 0. The van der Waals surface area contributed by atoms with Gasteiger partial charge in [0.2, 0.25) is 0 Å². The van der Waals surface area contributed by atoms with Crippen LogP contribution in [-0.2, 0) is 0 Å². The van der Waals surface area contributed by atoms with E-state index in [2.05, 4.69) is 38.1 Å². The number of aryl methyl sites for hydroxylation is 2. The highest BCUT2D eigenvalue weighted by atomic mass is 14.9. The first-order valence-corrected chi connectivity index (χ1v) is 2.82. The molecule has 0 N–H and O–H groups in total. The smallest absolute Gasteiger partial charge is 0.0398 e. The Labute approximate surface area is 50.2 Å². The van der Waals surface area contributed by atoms with Crippen LogP contribution < -0.4 is 0 Å². The summed E-state index contributed by atoms with van der Waals surface area (Å²) in [5.74, 6) is 0. The first-order valence-electron chi connectivity index (χ1n) is 2.82. The number of hydrogen-bond acceptors (Lipinski definition) is 0. The Kier molecular flexibility index (Phi) is 1.34. The molecule has 0 amide bonds. The van der Waals surface area contributed by atoms with Gasteiger partial charge in [-0.1, -0.05) is 35.4 Å². The van der Waals surface area contributed by atoms with Crippen molar-refractivity contribution in [1.82, 2.24) is 0 Å². The van der Waals surface area contributed by atoms with Gasteiger partial charge in [0.05, 0.1) is 0 Å². The van der Waals surface area contributed by atoms with Crippen LogP contribution >= 0.6 is 0 Å². The summed E-state index contributed by atoms with van der Waals surface area (Å²) in [6, 6.07) is 8.48. The Morgan fingerprint density at radius 1 is 0.750 bits per heavy atom. The monoisotopic (exact) mass is 114 g/mol. The molecule has 0 atom stereocenters. The summed E-state index contributed by atoms with van der Waals surface area (Å²) < 4.78 is 0. The minimum atomic E-state index is 1.33. The van der Waals surface area contributed by atoms with E-state index in [1.54, 1.807) is 0 Å². The molecule has 1 aromatic carbocycles. The molecule has 0 saturated heterocycles. The van der Waals surface area contributed by atoms with E-state index < -0.39 is 0 Å². The third-order valence-electron chi connectivity index (χ3n) is 1.22. The highest BCUT2D eigenvalue weighted by Crippen LogP contribution is 1.99. The van der Waals surface area contributed by atoms with Gasteiger partial charge in [-0.3, -0.25) is 0 Å². The molecule has 42 valence electrons. The van der Waals surface area contributed by atoms with E-state index in [0.29, 0.717) is 0 Å². The average molecular weight is 114 g/mol. The second kappa shape index (κ2) is 1.99. The van der Waals surface area contributed by atoms with Crippen LogP contribution in [0.5, 0.6) is 0 Å². The lowest BCUT2D eigenvalue weighted by Gasteiger charge is -1.90. The van der Waals surface area contributed by atoms with Gasteiger partial charge >= 0.3 is 0 Å². The van der Waals surface area contributed by atoms with Crippen LogP contribution in [-0.4, -0.2) is 0 Å². The zero-order valence-electron chi connectivity index (χ0n) is 5.31. The van der Waals surface area contributed by atoms with Crippen molar-refractivity contribution < 1.29 is 0 Å². The van der Waals surface area contributed by atoms with Crippen LogP contribution in [0.2, 0.25) is 0 Å². The molecule has 0 aliphatic rings. The Morgan fingerprint density at radius 3 is 1.25 bits per heavy atom. The van der Waals surface area contributed by atoms with E-state index in [1.807, 2.05) is 0 Å². The normalized spacial score (nSPS) is 9.25. The van der Waals surface area contributed by atoms with Crippen molar-refractivity contribution in [3.8, 4) is 0 Å². The molecular weight excluding hydrogens is 104 g/mol. The molecule has 0 aromatic heterocycles. The van der Waals surface area contributed by atoms with Gasteiger partial charge in [-0.15, -0.1) is 0 Å². The van der Waals surface area contributed by atoms with Gasteiger partial charge in [-0.2, -0.15) is 0 Å². The third-order valence-corrected chi connectivity index (χ3v) is 1.22. The molecular formula is C8H10. The molecule has 0 unspecified atom stereocenters. The highest BCUT2D eigenvalue weighted by molar-refractivity contribution is 5.19. The second-order valence-electron chi connectivity index (χ2n) is 2.15. The summed E-state index contributed by atoms with van der Waals surface area (Å²) in [4.78, 5) is 0. The Balaban J connectivity index is 3.03. The number of rotatable bonds is 0. The standard InChI is InChI=1S/C8H10/c1-7-3-5-8(2)6-4-7/h3-6H,1-2H3/i1+1,2+1,3+1,4+1,5+1,6+1,7+1,8+1. The maximum Gasteiger partial charge on any atom is -0.0398 e. The predicted octanol–water partition coefficient (Wildman–Crippen LogP) is 2.30. The molecule has 0 aliphatic heterocycles. The van der Waals surface area contributed by atoms with Crippen molar-refractivity contribution in [3.63, 3.8) is 0 Å². The molecule has 1 rings (SSSR count). The first-order chi connectivity index (χ1) is 3.79. The van der Waals surface area contributed by atoms with Gasteiger partial charge in [0.25, 0.3) is 0 Å². The van der Waals surface area contributed by atoms with Crippen LogP contribution in [0.15, 0.2) is 24.3 Å². The minimum absolute atomic E-state index is 1.33. The highest BCUT2D eigenvalue weighted by Gasteiger charge is 1.79. The van der Waals surface area contributed by atoms with Gasteiger partial charge in [0, 0.05) is 0 Å². The van der Waals surface area contributed by atoms with Gasteiger partial charge in [0.1, 0.15) is 0 Å². The molecule has 0 nitrogen and oxygen atoms in total. The molecule has 8 heavy (non-hydrogen) atoms. The fourth-order valence-electron chi connectivity index (χ4n) is 0.637. The summed E-state index contributed by atoms with van der Waals surface area (Å²) >= 11 is 0. The summed E-state index contributed by atoms with van der Waals surface area (Å²) in [5, 5.41) is 0. The lowest BCUT2D eigenvalue weighted by atomic mass is 11.2. The van der Waals surface area contributed by atoms with Crippen molar-refractivity contribution >= 4 is 0 Å². The maximum atomic E-state index is 2.12. The van der Waals surface area contributed by atoms with Crippen molar-refractivity contribution in [1.29, 1.82) is 0 Å². The average Bonchev–Trinajstić information content (AvgIpc) is 1.77. The van der Waals surface area contributed by atoms with Gasteiger partial charge < -0.3 is 0 Å². The summed E-state index contributed by atoms with van der Waals surface area (Å²) in [5.41, 5.74) is 2.66. The van der Waals surface area contributed by atoms with E-state index in [4.69, 9.17) is 0 Å². The number of benzene rings is 1. The van der Waals surface area contributed by atoms with E-state index in [-0.39, 0.29) is 0 Å². The molecule has 0 fully saturated rings. The largest absolute Gasteiger partial charge is 0.0591 e. The summed E-state index contributed by atoms with van der Waals surface area (Å²) in [6.07, 6.45) is 0. The lowest BCUT2D eigenvalue weighted by Crippen LogP contribution is -1.70. The van der Waals surface area contributed by atoms with Crippen molar-refractivity contribution in [2.24, 2.45) is 0 Å². The molecule has 0 bridgehead atoms. The fraction of sp³-hybridized carbons (Fsp3) is 0.250. The van der Waals surface area contributed by atoms with Gasteiger partial charge in [0.15, 0.2) is 0 Å². The third kappa shape index (κ3) is 1.09. The molecule has 1 aromatic rings. The predicted molar refractivity (Wildman–Crippen MR) is 35.9 cm³/mol. The fourth-order valence-corrected chi connectivity index (χ4v) is 0.637. The first kappa shape index (κ1) is 5.36. The van der Waals surface area contributed by atoms with E-state index in [9.17, 15) is 0 Å². The quantitative estimate of drug-likeness (QED) is 0.454. The zero-order valence-corrected chi connectivity index (χ0v) is 5.31. The zero-order chi connectivity index (χ0) is 5.98. The molecule has 0 radical (unpaired) electrons. The second-order valence-corrected chi connectivity index (χ2v) is 2.15. The Morgan fingerprint density at radius 2 is 1.00 bits per heavy atom. The molecule has 0 heteroatoms. The topological polar surface area (TPSA) is 0 Å². The van der Waals surface area contributed by atoms with Crippen molar-refractivity contribution in [2.45, 2.75) is 13.8 Å². The van der Waals surface area contributed by atoms with Crippen molar-refractivity contribution in [3.05, 3.63) is 35.4 Å². The molecule has 0 aliphatic carbocycles. The van der Waals surface area contributed by atoms with E-state index in [0.717, 1.165) is 0 Å². The van der Waals surface area contributed by atoms with Crippen molar-refractivity contribution in [2.75, 3.05) is 0 Å². The Hall–Kier alpha value is -0.780. The van der Waals surface area contributed by atoms with Crippen LogP contribution in [0.25, 0.3) is 0 Å². The molecule has 0 spiro atoms. The van der Waals surface area contributed by atoms with Crippen LogP contribution in [0.4, 0.5) is 0 Å². The maximum absolute atomic E-state index is 2.12. The Bertz CT molecular complexity index is 139. The van der Waals surface area contributed by atoms with Gasteiger partial charge in [-0.25, -0.2) is 0 Å². The summed E-state index contributed by atoms with van der Waals surface area (Å²) in [6.45, 7) is 4.19. The van der Waals surface area contributed by atoms with Crippen LogP contribution in [0.3, 0.4) is 0 Å². The van der Waals surface area contributed by atoms with E-state index in [1.165, 1.54) is 11.1 Å². The molecule has 0 saturated carbocycles. The van der Waals surface area contributed by atoms with Crippen LogP contribution in [0, 0.1) is 13.8 Å². The van der Waals surface area contributed by atoms with Gasteiger partial charge in [-0.05, 0) is 13.8 Å². The van der Waals surface area contributed by atoms with E-state index >= 15 is 0 Å². The van der Waals surface area contributed by atoms with Crippen LogP contribution in [0.1, 0.15) is 11.1 Å². The minimum Gasteiger partial charge on any atom is -0.0591 e.